The van der Waals surface area contributed by atoms with Gasteiger partial charge in [0.15, 0.2) is 0 Å². The van der Waals surface area contributed by atoms with Gasteiger partial charge in [-0.3, -0.25) is 9.78 Å². The first kappa shape index (κ1) is 17.0. The summed E-state index contributed by atoms with van der Waals surface area (Å²) in [5.74, 6) is -0.199. The van der Waals surface area contributed by atoms with E-state index in [-0.39, 0.29) is 5.91 Å². The normalized spacial score (nSPS) is 10.7. The number of carbonyl (C=O) groups excluding carboxylic acids is 1. The first-order valence-electron chi connectivity index (χ1n) is 7.69. The summed E-state index contributed by atoms with van der Waals surface area (Å²) in [6.07, 6.45) is 1.65. The van der Waals surface area contributed by atoms with Crippen molar-refractivity contribution in [2.24, 2.45) is 0 Å². The quantitative estimate of drug-likeness (QED) is 0.861. The Kier molecular flexibility index (Phi) is 5.71. The van der Waals surface area contributed by atoms with Gasteiger partial charge < -0.3 is 15.5 Å². The van der Waals surface area contributed by atoms with Crippen LogP contribution in [0, 0.1) is 13.8 Å². The van der Waals surface area contributed by atoms with Crippen LogP contribution < -0.4 is 10.6 Å². The van der Waals surface area contributed by atoms with E-state index in [4.69, 9.17) is 0 Å². The molecule has 5 nitrogen and oxygen atoms in total. The summed E-state index contributed by atoms with van der Waals surface area (Å²) < 4.78 is 0. The Morgan fingerprint density at radius 2 is 2.00 bits per heavy atom. The number of amides is 1. The van der Waals surface area contributed by atoms with E-state index in [0.717, 1.165) is 35.6 Å². The van der Waals surface area contributed by atoms with Crippen LogP contribution in [0.3, 0.4) is 0 Å². The van der Waals surface area contributed by atoms with Crippen molar-refractivity contribution in [1.29, 1.82) is 0 Å². The van der Waals surface area contributed by atoms with Gasteiger partial charge in [-0.25, -0.2) is 0 Å². The number of rotatable bonds is 6. The molecule has 5 heteroatoms. The molecule has 0 saturated carbocycles. The molecular weight excluding hydrogens is 288 g/mol. The summed E-state index contributed by atoms with van der Waals surface area (Å²) in [7, 11) is 4.05. The van der Waals surface area contributed by atoms with Gasteiger partial charge in [0.25, 0.3) is 5.91 Å². The molecule has 0 saturated heterocycles. The van der Waals surface area contributed by atoms with E-state index in [1.54, 1.807) is 12.3 Å². The number of nitrogens with zero attached hydrogens (tertiary/aromatic N) is 2. The van der Waals surface area contributed by atoms with Crippen molar-refractivity contribution < 1.29 is 4.79 Å². The number of pyridine rings is 1. The van der Waals surface area contributed by atoms with Crippen LogP contribution in [-0.2, 0) is 0 Å². The number of aryl methyl sites for hydroxylation is 1. The third-order valence-corrected chi connectivity index (χ3v) is 3.73. The van der Waals surface area contributed by atoms with Crippen LogP contribution in [0.25, 0.3) is 0 Å². The minimum absolute atomic E-state index is 0.199. The molecule has 122 valence electrons. The number of likely N-dealkylation sites (N-methyl/N-ethyl adjacent to an activating group) is 1. The Balaban J connectivity index is 2.06. The van der Waals surface area contributed by atoms with Crippen LogP contribution in [0.5, 0.6) is 0 Å². The molecule has 1 heterocycles. The van der Waals surface area contributed by atoms with Crippen LogP contribution in [0.4, 0.5) is 11.4 Å². The van der Waals surface area contributed by atoms with E-state index < -0.39 is 0 Å². The predicted octanol–water partition coefficient (Wildman–Crippen LogP) is 2.92. The van der Waals surface area contributed by atoms with Gasteiger partial charge in [-0.05, 0) is 57.3 Å². The SMILES string of the molecule is Cc1cccc(NC(=O)c2cc(NCCN(C)C)ccn2)c1C. The number of anilines is 2. The molecule has 23 heavy (non-hydrogen) atoms. The monoisotopic (exact) mass is 312 g/mol. The molecule has 2 rings (SSSR count). The number of benzene rings is 1. The topological polar surface area (TPSA) is 57.3 Å². The summed E-state index contributed by atoms with van der Waals surface area (Å²) in [4.78, 5) is 18.7. The minimum Gasteiger partial charge on any atom is -0.384 e. The number of carbonyl (C=O) groups is 1. The van der Waals surface area contributed by atoms with Crippen molar-refractivity contribution in [3.8, 4) is 0 Å². The van der Waals surface area contributed by atoms with Gasteiger partial charge in [0.2, 0.25) is 0 Å². The van der Waals surface area contributed by atoms with Gasteiger partial charge in [0, 0.05) is 30.7 Å². The van der Waals surface area contributed by atoms with Gasteiger partial charge in [-0.15, -0.1) is 0 Å². The molecule has 2 N–H and O–H groups in total. The number of nitrogens with one attached hydrogen (secondary N) is 2. The zero-order valence-electron chi connectivity index (χ0n) is 14.2. The second kappa shape index (κ2) is 7.74. The zero-order chi connectivity index (χ0) is 16.8. The molecule has 0 atom stereocenters. The number of hydrogen-bond donors (Lipinski definition) is 2. The lowest BCUT2D eigenvalue weighted by Crippen LogP contribution is -2.21. The van der Waals surface area contributed by atoms with Crippen LogP contribution in [-0.4, -0.2) is 43.0 Å². The van der Waals surface area contributed by atoms with E-state index >= 15 is 0 Å². The second-order valence-corrected chi connectivity index (χ2v) is 5.86. The highest BCUT2D eigenvalue weighted by atomic mass is 16.1. The van der Waals surface area contributed by atoms with Gasteiger partial charge in [-0.2, -0.15) is 0 Å². The van der Waals surface area contributed by atoms with Crippen LogP contribution in [0.2, 0.25) is 0 Å². The molecule has 0 aliphatic rings. The smallest absolute Gasteiger partial charge is 0.274 e. The van der Waals surface area contributed by atoms with E-state index in [2.05, 4.69) is 20.5 Å². The maximum atomic E-state index is 12.4. The van der Waals surface area contributed by atoms with E-state index in [1.165, 1.54) is 0 Å². The van der Waals surface area contributed by atoms with E-state index in [1.807, 2.05) is 52.2 Å². The lowest BCUT2D eigenvalue weighted by Gasteiger charge is -2.12. The molecule has 0 bridgehead atoms. The summed E-state index contributed by atoms with van der Waals surface area (Å²) in [5, 5.41) is 6.23. The summed E-state index contributed by atoms with van der Waals surface area (Å²) in [6.45, 7) is 5.76. The molecule has 0 aliphatic carbocycles. The summed E-state index contributed by atoms with van der Waals surface area (Å²) in [6, 6.07) is 9.50. The minimum atomic E-state index is -0.199. The standard InChI is InChI=1S/C18H24N4O/c1-13-6-5-7-16(14(13)2)21-18(23)17-12-15(8-9-20-17)19-10-11-22(3)4/h5-9,12H,10-11H2,1-4H3,(H,19,20)(H,21,23). The van der Waals surface area contributed by atoms with Gasteiger partial charge in [0.05, 0.1) is 0 Å². The first-order valence-corrected chi connectivity index (χ1v) is 7.69. The van der Waals surface area contributed by atoms with Crippen LogP contribution in [0.15, 0.2) is 36.5 Å². The highest BCUT2D eigenvalue weighted by molar-refractivity contribution is 6.03. The first-order chi connectivity index (χ1) is 11.0. The van der Waals surface area contributed by atoms with Crippen molar-refractivity contribution in [1.82, 2.24) is 9.88 Å². The zero-order valence-corrected chi connectivity index (χ0v) is 14.2. The molecule has 0 spiro atoms. The van der Waals surface area contributed by atoms with Crippen molar-refractivity contribution in [3.63, 3.8) is 0 Å². The van der Waals surface area contributed by atoms with Crippen molar-refractivity contribution >= 4 is 17.3 Å². The molecule has 0 unspecified atom stereocenters. The average Bonchev–Trinajstić information content (AvgIpc) is 2.52. The van der Waals surface area contributed by atoms with E-state index in [9.17, 15) is 4.79 Å². The fourth-order valence-electron chi connectivity index (χ4n) is 2.16. The van der Waals surface area contributed by atoms with Crippen molar-refractivity contribution in [2.75, 3.05) is 37.8 Å². The van der Waals surface area contributed by atoms with Gasteiger partial charge in [-0.1, -0.05) is 12.1 Å². The van der Waals surface area contributed by atoms with Crippen LogP contribution >= 0.6 is 0 Å². The van der Waals surface area contributed by atoms with Crippen LogP contribution in [0.1, 0.15) is 21.6 Å². The van der Waals surface area contributed by atoms with Crippen molar-refractivity contribution in [3.05, 3.63) is 53.3 Å². The third kappa shape index (κ3) is 4.79. The Labute approximate surface area is 137 Å². The highest BCUT2D eigenvalue weighted by Crippen LogP contribution is 2.19. The Morgan fingerprint density at radius 1 is 1.22 bits per heavy atom. The van der Waals surface area contributed by atoms with E-state index in [0.29, 0.717) is 5.69 Å². The summed E-state index contributed by atoms with van der Waals surface area (Å²) >= 11 is 0. The Hall–Kier alpha value is -2.40. The third-order valence-electron chi connectivity index (χ3n) is 3.73. The molecule has 0 radical (unpaired) electrons. The highest BCUT2D eigenvalue weighted by Gasteiger charge is 2.10. The summed E-state index contributed by atoms with van der Waals surface area (Å²) in [5.41, 5.74) is 4.34. The maximum absolute atomic E-state index is 12.4. The lowest BCUT2D eigenvalue weighted by atomic mass is 10.1. The fraction of sp³-hybridized carbons (Fsp3) is 0.333. The Morgan fingerprint density at radius 3 is 2.74 bits per heavy atom. The lowest BCUT2D eigenvalue weighted by molar-refractivity contribution is 0.102. The molecule has 0 fully saturated rings. The molecule has 2 aromatic rings. The molecular formula is C18H24N4O. The van der Waals surface area contributed by atoms with Gasteiger partial charge >= 0.3 is 0 Å². The largest absolute Gasteiger partial charge is 0.384 e. The molecule has 1 aromatic heterocycles. The average molecular weight is 312 g/mol. The molecule has 0 aliphatic heterocycles. The maximum Gasteiger partial charge on any atom is 0.274 e. The van der Waals surface area contributed by atoms with Crippen molar-refractivity contribution in [2.45, 2.75) is 13.8 Å². The Bertz CT molecular complexity index is 682. The number of hydrogen-bond acceptors (Lipinski definition) is 4. The number of aromatic nitrogens is 1. The predicted molar refractivity (Wildman–Crippen MR) is 95.1 cm³/mol. The second-order valence-electron chi connectivity index (χ2n) is 5.86. The molecule has 1 aromatic carbocycles. The van der Waals surface area contributed by atoms with Gasteiger partial charge in [0.1, 0.15) is 5.69 Å². The molecule has 1 amide bonds. The fourth-order valence-corrected chi connectivity index (χ4v) is 2.16.